The van der Waals surface area contributed by atoms with E-state index in [1.54, 1.807) is 12.1 Å². The van der Waals surface area contributed by atoms with E-state index in [4.69, 9.17) is 16.9 Å². The average molecular weight is 289 g/mol. The van der Waals surface area contributed by atoms with Gasteiger partial charge in [0.2, 0.25) is 0 Å². The highest BCUT2D eigenvalue weighted by molar-refractivity contribution is 6.31. The smallest absolute Gasteiger partial charge is 0.129 e. The third-order valence-electron chi connectivity index (χ3n) is 3.03. The first-order chi connectivity index (χ1) is 9.72. The van der Waals surface area contributed by atoms with Crippen molar-refractivity contribution in [1.29, 1.82) is 5.26 Å². The Labute approximate surface area is 123 Å². The van der Waals surface area contributed by atoms with Crippen LogP contribution in [-0.2, 0) is 6.54 Å². The highest BCUT2D eigenvalue weighted by Gasteiger charge is 2.13. The summed E-state index contributed by atoms with van der Waals surface area (Å²) in [6.45, 7) is 0.877. The van der Waals surface area contributed by atoms with Crippen LogP contribution in [0.5, 0.6) is 0 Å². The molecule has 0 fully saturated rings. The standard InChI is InChI=1S/C16H14ClFN2/c17-15-8-4-9-16(18)14(15)12-20(11-5-10-19)13-6-2-1-3-7-13/h1-4,6-9H,5,11-12H2. The molecule has 4 heteroatoms. The SMILES string of the molecule is N#CCCN(Cc1c(F)cccc1Cl)c1ccccc1. The van der Waals surface area contributed by atoms with Crippen LogP contribution in [0.3, 0.4) is 0 Å². The van der Waals surface area contributed by atoms with Crippen molar-refractivity contribution in [3.05, 3.63) is 64.9 Å². The van der Waals surface area contributed by atoms with Gasteiger partial charge in [-0.3, -0.25) is 0 Å². The van der Waals surface area contributed by atoms with Gasteiger partial charge in [-0.2, -0.15) is 5.26 Å². The molecular weight excluding hydrogens is 275 g/mol. The molecule has 0 aliphatic carbocycles. The second kappa shape index (κ2) is 6.93. The van der Waals surface area contributed by atoms with Gasteiger partial charge in [0.05, 0.1) is 12.5 Å². The van der Waals surface area contributed by atoms with E-state index >= 15 is 0 Å². The van der Waals surface area contributed by atoms with Gasteiger partial charge in [0.1, 0.15) is 5.82 Å². The fourth-order valence-corrected chi connectivity index (χ4v) is 2.22. The lowest BCUT2D eigenvalue weighted by molar-refractivity contribution is 0.604. The molecule has 0 atom stereocenters. The Bertz CT molecular complexity index is 587. The van der Waals surface area contributed by atoms with Crippen LogP contribution < -0.4 is 4.90 Å². The summed E-state index contributed by atoms with van der Waals surface area (Å²) in [5.41, 5.74) is 1.40. The molecule has 2 aromatic carbocycles. The maximum Gasteiger partial charge on any atom is 0.129 e. The molecule has 0 bridgehead atoms. The van der Waals surface area contributed by atoms with Crippen molar-refractivity contribution in [2.24, 2.45) is 0 Å². The number of hydrogen-bond acceptors (Lipinski definition) is 2. The van der Waals surface area contributed by atoms with E-state index in [0.29, 0.717) is 30.1 Å². The highest BCUT2D eigenvalue weighted by Crippen LogP contribution is 2.24. The fourth-order valence-electron chi connectivity index (χ4n) is 2.00. The number of halogens is 2. The fraction of sp³-hybridized carbons (Fsp3) is 0.188. The minimum atomic E-state index is -0.324. The minimum absolute atomic E-state index is 0.324. The van der Waals surface area contributed by atoms with Gasteiger partial charge in [-0.05, 0) is 24.3 Å². The van der Waals surface area contributed by atoms with E-state index in [2.05, 4.69) is 6.07 Å². The van der Waals surface area contributed by atoms with Crippen molar-refractivity contribution in [3.63, 3.8) is 0 Å². The predicted molar refractivity (Wildman–Crippen MR) is 79.1 cm³/mol. The molecule has 0 saturated carbocycles. The summed E-state index contributed by atoms with van der Waals surface area (Å²) in [6, 6.07) is 16.4. The first-order valence-corrected chi connectivity index (χ1v) is 6.70. The van der Waals surface area contributed by atoms with Gasteiger partial charge in [-0.25, -0.2) is 4.39 Å². The Morgan fingerprint density at radius 2 is 1.85 bits per heavy atom. The first-order valence-electron chi connectivity index (χ1n) is 6.32. The lowest BCUT2D eigenvalue weighted by Crippen LogP contribution is -2.24. The number of rotatable bonds is 5. The van der Waals surface area contributed by atoms with E-state index in [1.807, 2.05) is 35.2 Å². The lowest BCUT2D eigenvalue weighted by Gasteiger charge is -2.24. The molecule has 0 N–H and O–H groups in total. The summed E-state index contributed by atoms with van der Waals surface area (Å²) < 4.78 is 13.9. The van der Waals surface area contributed by atoms with E-state index in [0.717, 1.165) is 5.69 Å². The van der Waals surface area contributed by atoms with Gasteiger partial charge in [0.15, 0.2) is 0 Å². The lowest BCUT2D eigenvalue weighted by atomic mass is 10.1. The van der Waals surface area contributed by atoms with Crippen molar-refractivity contribution in [2.75, 3.05) is 11.4 Å². The van der Waals surface area contributed by atoms with Crippen LogP contribution in [0, 0.1) is 17.1 Å². The highest BCUT2D eigenvalue weighted by atomic mass is 35.5. The molecule has 0 radical (unpaired) electrons. The van der Waals surface area contributed by atoms with Crippen molar-refractivity contribution in [1.82, 2.24) is 0 Å². The van der Waals surface area contributed by atoms with E-state index in [9.17, 15) is 4.39 Å². The Morgan fingerprint density at radius 3 is 2.50 bits per heavy atom. The summed E-state index contributed by atoms with van der Waals surface area (Å²) in [4.78, 5) is 1.95. The number of para-hydroxylation sites is 1. The zero-order chi connectivity index (χ0) is 14.4. The van der Waals surface area contributed by atoms with E-state index < -0.39 is 0 Å². The topological polar surface area (TPSA) is 27.0 Å². The molecule has 0 amide bonds. The Balaban J connectivity index is 2.27. The normalized spacial score (nSPS) is 10.1. The van der Waals surface area contributed by atoms with Crippen LogP contribution >= 0.6 is 11.6 Å². The van der Waals surface area contributed by atoms with Crippen LogP contribution in [0.25, 0.3) is 0 Å². The number of benzene rings is 2. The monoisotopic (exact) mass is 288 g/mol. The molecule has 20 heavy (non-hydrogen) atoms. The van der Waals surface area contributed by atoms with Gasteiger partial charge in [0.25, 0.3) is 0 Å². The summed E-state index contributed by atoms with van der Waals surface area (Å²) in [7, 11) is 0. The molecule has 0 heterocycles. The van der Waals surface area contributed by atoms with Crippen molar-refractivity contribution in [3.8, 4) is 6.07 Å². The van der Waals surface area contributed by atoms with Gasteiger partial charge in [0, 0.05) is 29.4 Å². The van der Waals surface area contributed by atoms with Crippen molar-refractivity contribution < 1.29 is 4.39 Å². The summed E-state index contributed by atoms with van der Waals surface area (Å²) in [5.74, 6) is -0.324. The van der Waals surface area contributed by atoms with Gasteiger partial charge in [-0.15, -0.1) is 0 Å². The number of nitriles is 1. The Kier molecular flexibility index (Phi) is 4.97. The third-order valence-corrected chi connectivity index (χ3v) is 3.38. The molecule has 0 spiro atoms. The van der Waals surface area contributed by atoms with Crippen LogP contribution in [0.4, 0.5) is 10.1 Å². The zero-order valence-corrected chi connectivity index (χ0v) is 11.6. The number of nitrogens with zero attached hydrogens (tertiary/aromatic N) is 2. The van der Waals surface area contributed by atoms with Crippen LogP contribution in [-0.4, -0.2) is 6.54 Å². The molecule has 0 aliphatic rings. The molecule has 0 aromatic heterocycles. The van der Waals surface area contributed by atoms with Crippen LogP contribution in [0.2, 0.25) is 5.02 Å². The van der Waals surface area contributed by atoms with E-state index in [1.165, 1.54) is 6.07 Å². The number of anilines is 1. The minimum Gasteiger partial charge on any atom is -0.366 e. The van der Waals surface area contributed by atoms with Gasteiger partial charge >= 0.3 is 0 Å². The predicted octanol–water partition coefficient (Wildman–Crippen LogP) is 4.40. The van der Waals surface area contributed by atoms with Gasteiger partial charge in [-0.1, -0.05) is 35.9 Å². The first kappa shape index (κ1) is 14.4. The molecule has 2 nitrogen and oxygen atoms in total. The molecule has 0 aliphatic heterocycles. The largest absolute Gasteiger partial charge is 0.366 e. The average Bonchev–Trinajstić information content (AvgIpc) is 2.47. The Morgan fingerprint density at radius 1 is 1.10 bits per heavy atom. The molecule has 2 aromatic rings. The zero-order valence-electron chi connectivity index (χ0n) is 10.9. The molecular formula is C16H14ClFN2. The Hall–Kier alpha value is -2.05. The van der Waals surface area contributed by atoms with Crippen molar-refractivity contribution >= 4 is 17.3 Å². The third kappa shape index (κ3) is 3.49. The maximum absolute atomic E-state index is 13.9. The van der Waals surface area contributed by atoms with Crippen LogP contribution in [0.1, 0.15) is 12.0 Å². The van der Waals surface area contributed by atoms with Crippen molar-refractivity contribution in [2.45, 2.75) is 13.0 Å². The second-order valence-electron chi connectivity index (χ2n) is 4.37. The molecule has 102 valence electrons. The maximum atomic E-state index is 13.9. The molecule has 0 saturated heterocycles. The molecule has 0 unspecified atom stereocenters. The quantitative estimate of drug-likeness (QED) is 0.815. The van der Waals surface area contributed by atoms with E-state index in [-0.39, 0.29) is 5.82 Å². The molecule has 2 rings (SSSR count). The van der Waals surface area contributed by atoms with Crippen LogP contribution in [0.15, 0.2) is 48.5 Å². The number of hydrogen-bond donors (Lipinski definition) is 0. The summed E-state index contributed by atoms with van der Waals surface area (Å²) in [5, 5.41) is 9.17. The summed E-state index contributed by atoms with van der Waals surface area (Å²) in [6.07, 6.45) is 0.376. The van der Waals surface area contributed by atoms with Gasteiger partial charge < -0.3 is 4.90 Å². The summed E-state index contributed by atoms with van der Waals surface area (Å²) >= 11 is 6.06. The second-order valence-corrected chi connectivity index (χ2v) is 4.77.